The molecule has 1 rings (SSSR count). The Morgan fingerprint density at radius 1 is 1.25 bits per heavy atom. The number of carbonyl (C=O) groups is 1. The van der Waals surface area contributed by atoms with Crippen molar-refractivity contribution in [2.45, 2.75) is 6.92 Å². The standard InChI is InChI=1S/C11H11NO4/c1-2-15-9-3-5-10(6-4-9)16-7-11(14)12-8-13/h3-6H,2,7H2,1H3. The van der Waals surface area contributed by atoms with Gasteiger partial charge in [0.1, 0.15) is 11.5 Å². The molecule has 0 aliphatic rings. The molecule has 0 fully saturated rings. The van der Waals surface area contributed by atoms with Crippen LogP contribution >= 0.6 is 0 Å². The maximum Gasteiger partial charge on any atom is 0.294 e. The highest BCUT2D eigenvalue weighted by atomic mass is 16.5. The van der Waals surface area contributed by atoms with Crippen LogP contribution in [0.25, 0.3) is 0 Å². The summed E-state index contributed by atoms with van der Waals surface area (Å²) in [6.07, 6.45) is 1.16. The quantitative estimate of drug-likeness (QED) is 0.555. The van der Waals surface area contributed by atoms with E-state index < -0.39 is 5.91 Å². The Hall–Kier alpha value is -2.13. The fourth-order valence-corrected chi connectivity index (χ4v) is 1.03. The van der Waals surface area contributed by atoms with E-state index in [1.165, 1.54) is 0 Å². The van der Waals surface area contributed by atoms with Crippen LogP contribution in [-0.2, 0) is 9.59 Å². The zero-order valence-corrected chi connectivity index (χ0v) is 8.80. The first-order valence-electron chi connectivity index (χ1n) is 4.72. The van der Waals surface area contributed by atoms with Gasteiger partial charge in [-0.3, -0.25) is 4.79 Å². The van der Waals surface area contributed by atoms with E-state index in [9.17, 15) is 9.59 Å². The van der Waals surface area contributed by atoms with Crippen LogP contribution < -0.4 is 9.47 Å². The van der Waals surface area contributed by atoms with Gasteiger partial charge in [-0.2, -0.15) is 0 Å². The monoisotopic (exact) mass is 221 g/mol. The van der Waals surface area contributed by atoms with E-state index >= 15 is 0 Å². The van der Waals surface area contributed by atoms with E-state index in [1.54, 1.807) is 24.3 Å². The number of nitrogens with zero attached hydrogens (tertiary/aromatic N) is 1. The molecule has 84 valence electrons. The van der Waals surface area contributed by atoms with Crippen molar-refractivity contribution in [1.29, 1.82) is 0 Å². The number of isocyanates is 1. The van der Waals surface area contributed by atoms with E-state index in [0.717, 1.165) is 11.8 Å². The van der Waals surface area contributed by atoms with Gasteiger partial charge < -0.3 is 9.47 Å². The number of rotatable bonds is 5. The summed E-state index contributed by atoms with van der Waals surface area (Å²) in [5.74, 6) is 0.578. The van der Waals surface area contributed by atoms with E-state index in [1.807, 2.05) is 6.92 Å². The topological polar surface area (TPSA) is 65.0 Å². The molecule has 0 bridgehead atoms. The van der Waals surface area contributed by atoms with Gasteiger partial charge in [0.05, 0.1) is 6.61 Å². The molecule has 0 heterocycles. The lowest BCUT2D eigenvalue weighted by molar-refractivity contribution is -0.119. The Balaban J connectivity index is 2.49. The van der Waals surface area contributed by atoms with Gasteiger partial charge in [-0.15, -0.1) is 4.99 Å². The number of amides is 1. The maximum atomic E-state index is 10.8. The highest BCUT2D eigenvalue weighted by molar-refractivity contribution is 5.82. The fourth-order valence-electron chi connectivity index (χ4n) is 1.03. The summed E-state index contributed by atoms with van der Waals surface area (Å²) in [7, 11) is 0. The molecule has 0 N–H and O–H groups in total. The number of aliphatic imine (C=N–C) groups is 1. The lowest BCUT2D eigenvalue weighted by Crippen LogP contribution is -2.08. The predicted molar refractivity (Wildman–Crippen MR) is 56.2 cm³/mol. The second-order valence-corrected chi connectivity index (χ2v) is 2.79. The summed E-state index contributed by atoms with van der Waals surface area (Å²) < 4.78 is 10.3. The summed E-state index contributed by atoms with van der Waals surface area (Å²) >= 11 is 0. The molecule has 0 radical (unpaired) electrons. The Morgan fingerprint density at radius 3 is 2.31 bits per heavy atom. The van der Waals surface area contributed by atoms with Gasteiger partial charge in [0.15, 0.2) is 6.61 Å². The van der Waals surface area contributed by atoms with Gasteiger partial charge in [0.25, 0.3) is 5.91 Å². The van der Waals surface area contributed by atoms with E-state index in [-0.39, 0.29) is 6.61 Å². The molecule has 1 aromatic carbocycles. The van der Waals surface area contributed by atoms with Crippen molar-refractivity contribution in [2.75, 3.05) is 13.2 Å². The van der Waals surface area contributed by atoms with E-state index in [2.05, 4.69) is 4.99 Å². The second-order valence-electron chi connectivity index (χ2n) is 2.79. The van der Waals surface area contributed by atoms with Crippen molar-refractivity contribution in [3.63, 3.8) is 0 Å². The van der Waals surface area contributed by atoms with Crippen LogP contribution in [0.4, 0.5) is 0 Å². The lowest BCUT2D eigenvalue weighted by Gasteiger charge is -2.05. The summed E-state index contributed by atoms with van der Waals surface area (Å²) in [5.41, 5.74) is 0. The second kappa shape index (κ2) is 6.37. The SMILES string of the molecule is CCOc1ccc(OCC(=O)N=C=O)cc1. The highest BCUT2D eigenvalue weighted by Gasteiger charge is 2.00. The molecule has 5 nitrogen and oxygen atoms in total. The van der Waals surface area contributed by atoms with E-state index in [0.29, 0.717) is 12.4 Å². The Morgan fingerprint density at radius 2 is 1.81 bits per heavy atom. The van der Waals surface area contributed by atoms with Crippen molar-refractivity contribution >= 4 is 12.0 Å². The number of ether oxygens (including phenoxy) is 2. The van der Waals surface area contributed by atoms with Crippen LogP contribution in [0.2, 0.25) is 0 Å². The van der Waals surface area contributed by atoms with Gasteiger partial charge in [-0.05, 0) is 31.2 Å². The highest BCUT2D eigenvalue weighted by Crippen LogP contribution is 2.17. The largest absolute Gasteiger partial charge is 0.494 e. The average molecular weight is 221 g/mol. The van der Waals surface area contributed by atoms with Crippen LogP contribution in [0.3, 0.4) is 0 Å². The van der Waals surface area contributed by atoms with E-state index in [4.69, 9.17) is 9.47 Å². The van der Waals surface area contributed by atoms with Crippen LogP contribution in [0.1, 0.15) is 6.92 Å². The number of carbonyl (C=O) groups excluding carboxylic acids is 2. The fraction of sp³-hybridized carbons (Fsp3) is 0.273. The summed E-state index contributed by atoms with van der Waals surface area (Å²) in [6, 6.07) is 6.80. The first-order chi connectivity index (χ1) is 7.76. The number of hydrogen-bond acceptors (Lipinski definition) is 4. The minimum absolute atomic E-state index is 0.275. The van der Waals surface area contributed by atoms with Crippen LogP contribution in [0.5, 0.6) is 11.5 Å². The number of hydrogen-bond donors (Lipinski definition) is 0. The minimum Gasteiger partial charge on any atom is -0.494 e. The third kappa shape index (κ3) is 3.94. The van der Waals surface area contributed by atoms with Gasteiger partial charge in [-0.25, -0.2) is 4.79 Å². The molecule has 5 heteroatoms. The van der Waals surface area contributed by atoms with Crippen LogP contribution in [0, 0.1) is 0 Å². The molecular formula is C11H11NO4. The molecule has 0 spiro atoms. The zero-order valence-electron chi connectivity index (χ0n) is 8.80. The molecule has 16 heavy (non-hydrogen) atoms. The molecule has 0 saturated carbocycles. The molecule has 0 aliphatic carbocycles. The summed E-state index contributed by atoms with van der Waals surface area (Å²) in [5, 5.41) is 0. The summed E-state index contributed by atoms with van der Waals surface area (Å²) in [4.78, 5) is 23.5. The third-order valence-electron chi connectivity index (χ3n) is 1.67. The normalized spacial score (nSPS) is 9.06. The van der Waals surface area contributed by atoms with Crippen molar-refractivity contribution < 1.29 is 19.1 Å². The molecule has 0 aliphatic heterocycles. The molecule has 0 unspecified atom stereocenters. The minimum atomic E-state index is -0.663. The average Bonchev–Trinajstić information content (AvgIpc) is 2.29. The third-order valence-corrected chi connectivity index (χ3v) is 1.67. The maximum absolute atomic E-state index is 10.8. The molecule has 0 atom stereocenters. The Bertz CT molecular complexity index is 393. The van der Waals surface area contributed by atoms with Gasteiger partial charge >= 0.3 is 0 Å². The van der Waals surface area contributed by atoms with Crippen molar-refractivity contribution in [3.05, 3.63) is 24.3 Å². The first-order valence-corrected chi connectivity index (χ1v) is 4.72. The van der Waals surface area contributed by atoms with Crippen molar-refractivity contribution in [2.24, 2.45) is 4.99 Å². The molecular weight excluding hydrogens is 210 g/mol. The summed E-state index contributed by atoms with van der Waals surface area (Å²) in [6.45, 7) is 2.20. The Kier molecular flexibility index (Phi) is 4.76. The van der Waals surface area contributed by atoms with Crippen molar-refractivity contribution in [3.8, 4) is 11.5 Å². The predicted octanol–water partition coefficient (Wildman–Crippen LogP) is 1.33. The van der Waals surface area contributed by atoms with Crippen LogP contribution in [-0.4, -0.2) is 25.2 Å². The van der Waals surface area contributed by atoms with Gasteiger partial charge in [0, 0.05) is 0 Å². The van der Waals surface area contributed by atoms with Crippen LogP contribution in [0.15, 0.2) is 29.3 Å². The number of benzene rings is 1. The smallest absolute Gasteiger partial charge is 0.294 e. The molecule has 1 amide bonds. The zero-order chi connectivity index (χ0) is 11.8. The molecule has 1 aromatic rings. The van der Waals surface area contributed by atoms with Gasteiger partial charge in [-0.1, -0.05) is 0 Å². The molecule has 0 aromatic heterocycles. The first kappa shape index (κ1) is 11.9. The molecule has 0 saturated heterocycles. The Labute approximate surface area is 92.7 Å². The van der Waals surface area contributed by atoms with Gasteiger partial charge in [0.2, 0.25) is 6.08 Å². The van der Waals surface area contributed by atoms with Crippen molar-refractivity contribution in [1.82, 2.24) is 0 Å². The lowest BCUT2D eigenvalue weighted by atomic mass is 10.3.